The van der Waals surface area contributed by atoms with Crippen molar-refractivity contribution in [1.82, 2.24) is 4.31 Å². The van der Waals surface area contributed by atoms with Crippen molar-refractivity contribution in [3.63, 3.8) is 0 Å². The second kappa shape index (κ2) is 12.6. The normalized spacial score (nSPS) is 22.6. The third-order valence-electron chi connectivity index (χ3n) is 8.78. The molecular formula is C35H41NO6S. The number of fused-ring (bicyclic) bond motifs is 1. The van der Waals surface area contributed by atoms with E-state index >= 15 is 0 Å². The Bertz CT molecular complexity index is 1580. The minimum Gasteiger partial charge on any atom is -0.482 e. The van der Waals surface area contributed by atoms with E-state index in [1.54, 1.807) is 16.4 Å². The second-order valence-corrected chi connectivity index (χ2v) is 14.1. The third kappa shape index (κ3) is 6.56. The lowest BCUT2D eigenvalue weighted by Crippen LogP contribution is -2.50. The molecule has 0 saturated carbocycles. The quantitative estimate of drug-likeness (QED) is 0.265. The number of aryl methyl sites for hydroxylation is 1. The standard InChI is InChI=1S/C35H41NO6S/c1-22(2)27-17-24(5)34(32(19-27)41-21-33(37)38)35-30(23(3)4)18-28-20-36(16-15-31(28)42-35)43(39,40)29-13-11-26(12-14-29)25-9-7-6-8-10-25/h6-14,17,19,22,28,30-31,35H,3,15-16,18,20-21H2,1-2,4-5H3,(H,37,38)/t28-,30-,31+,35+/m0/s1. The van der Waals surface area contributed by atoms with Gasteiger partial charge in [0.15, 0.2) is 6.61 Å². The van der Waals surface area contributed by atoms with E-state index in [1.165, 1.54) is 0 Å². The Hall–Kier alpha value is -3.46. The van der Waals surface area contributed by atoms with Crippen molar-refractivity contribution in [2.45, 2.75) is 63.6 Å². The highest BCUT2D eigenvalue weighted by atomic mass is 32.2. The van der Waals surface area contributed by atoms with E-state index in [2.05, 4.69) is 26.5 Å². The zero-order valence-corrected chi connectivity index (χ0v) is 26.1. The van der Waals surface area contributed by atoms with Crippen LogP contribution in [0.4, 0.5) is 0 Å². The SMILES string of the molecule is C=C(C)[C@@H]1C[C@H]2CN(S(=O)(=O)c3ccc(-c4ccccc4)cc3)CC[C@H]2O[C@H]1c1c(C)cc(C(C)C)cc1OCC(=O)O. The number of aliphatic carboxylic acids is 1. The molecule has 228 valence electrons. The van der Waals surface area contributed by atoms with E-state index in [4.69, 9.17) is 9.47 Å². The molecule has 0 radical (unpaired) electrons. The number of hydrogen-bond donors (Lipinski definition) is 1. The summed E-state index contributed by atoms with van der Waals surface area (Å²) in [6.07, 6.45) is 0.786. The van der Waals surface area contributed by atoms with Crippen molar-refractivity contribution in [3.8, 4) is 16.9 Å². The molecule has 4 atom stereocenters. The summed E-state index contributed by atoms with van der Waals surface area (Å²) in [5, 5.41) is 9.33. The molecule has 1 N–H and O–H groups in total. The molecular weight excluding hydrogens is 562 g/mol. The summed E-state index contributed by atoms with van der Waals surface area (Å²) in [5.41, 5.74) is 5.86. The van der Waals surface area contributed by atoms with Crippen molar-refractivity contribution in [2.24, 2.45) is 11.8 Å². The Morgan fingerprint density at radius 1 is 1.09 bits per heavy atom. The van der Waals surface area contributed by atoms with Gasteiger partial charge in [0.2, 0.25) is 10.0 Å². The van der Waals surface area contributed by atoms with Crippen molar-refractivity contribution in [2.75, 3.05) is 19.7 Å². The summed E-state index contributed by atoms with van der Waals surface area (Å²) in [7, 11) is -3.68. The van der Waals surface area contributed by atoms with E-state index in [-0.39, 0.29) is 34.9 Å². The molecule has 2 heterocycles. The number of rotatable bonds is 9. The Morgan fingerprint density at radius 2 is 1.77 bits per heavy atom. The molecule has 5 rings (SSSR count). The van der Waals surface area contributed by atoms with Crippen LogP contribution in [-0.4, -0.2) is 49.6 Å². The highest BCUT2D eigenvalue weighted by molar-refractivity contribution is 7.89. The first-order valence-electron chi connectivity index (χ1n) is 14.9. The first-order chi connectivity index (χ1) is 20.5. The Kier molecular flexibility index (Phi) is 9.11. The molecule has 0 spiro atoms. The van der Waals surface area contributed by atoms with Crippen LogP contribution in [0.1, 0.15) is 62.3 Å². The third-order valence-corrected chi connectivity index (χ3v) is 10.7. The van der Waals surface area contributed by atoms with E-state index in [0.717, 1.165) is 33.4 Å². The number of nitrogens with zero attached hydrogens (tertiary/aromatic N) is 1. The smallest absolute Gasteiger partial charge is 0.341 e. The summed E-state index contributed by atoms with van der Waals surface area (Å²) in [6.45, 7) is 12.7. The van der Waals surface area contributed by atoms with Crippen molar-refractivity contribution in [1.29, 1.82) is 0 Å². The summed E-state index contributed by atoms with van der Waals surface area (Å²) in [5.74, 6) is -0.342. The van der Waals surface area contributed by atoms with Crippen molar-refractivity contribution >= 4 is 16.0 Å². The van der Waals surface area contributed by atoms with Crippen LogP contribution < -0.4 is 4.74 Å². The van der Waals surface area contributed by atoms with E-state index < -0.39 is 22.6 Å². The molecule has 43 heavy (non-hydrogen) atoms. The van der Waals surface area contributed by atoms with Gasteiger partial charge < -0.3 is 14.6 Å². The van der Waals surface area contributed by atoms with Crippen LogP contribution in [0, 0.1) is 18.8 Å². The van der Waals surface area contributed by atoms with Gasteiger partial charge in [0.1, 0.15) is 5.75 Å². The van der Waals surface area contributed by atoms with E-state index in [0.29, 0.717) is 31.7 Å². The minimum absolute atomic E-state index is 0.00342. The topological polar surface area (TPSA) is 93.1 Å². The van der Waals surface area contributed by atoms with Gasteiger partial charge in [-0.2, -0.15) is 4.31 Å². The molecule has 2 saturated heterocycles. The molecule has 7 nitrogen and oxygen atoms in total. The summed E-state index contributed by atoms with van der Waals surface area (Å²) in [4.78, 5) is 11.7. The van der Waals surface area contributed by atoms with Gasteiger partial charge in [-0.15, -0.1) is 0 Å². The lowest BCUT2D eigenvalue weighted by atomic mass is 9.75. The summed E-state index contributed by atoms with van der Waals surface area (Å²) in [6, 6.07) is 21.0. The van der Waals surface area contributed by atoms with Gasteiger partial charge >= 0.3 is 5.97 Å². The number of carboxylic acid groups (broad SMARTS) is 1. The minimum atomic E-state index is -3.68. The van der Waals surface area contributed by atoms with E-state index in [1.807, 2.05) is 62.4 Å². The lowest BCUT2D eigenvalue weighted by molar-refractivity contribution is -0.139. The second-order valence-electron chi connectivity index (χ2n) is 12.2. The fourth-order valence-electron chi connectivity index (χ4n) is 6.41. The average molecular weight is 604 g/mol. The monoisotopic (exact) mass is 603 g/mol. The fraction of sp³-hybridized carbons (Fsp3) is 0.400. The Labute approximate surface area is 255 Å². The first kappa shape index (κ1) is 31.0. The van der Waals surface area contributed by atoms with Crippen molar-refractivity contribution < 1.29 is 27.8 Å². The predicted octanol–water partition coefficient (Wildman–Crippen LogP) is 6.98. The molecule has 8 heteroatoms. The molecule has 0 amide bonds. The zero-order chi connectivity index (χ0) is 30.9. The van der Waals surface area contributed by atoms with Crippen LogP contribution in [0.2, 0.25) is 0 Å². The van der Waals surface area contributed by atoms with Gasteiger partial charge in [0.05, 0.1) is 17.1 Å². The number of carboxylic acids is 1. The predicted molar refractivity (Wildman–Crippen MR) is 168 cm³/mol. The largest absolute Gasteiger partial charge is 0.482 e. The highest BCUT2D eigenvalue weighted by Gasteiger charge is 2.45. The number of sulfonamides is 1. The maximum atomic E-state index is 13.7. The molecule has 0 unspecified atom stereocenters. The molecule has 0 bridgehead atoms. The zero-order valence-electron chi connectivity index (χ0n) is 25.3. The van der Waals surface area contributed by atoms with Gasteiger partial charge in [-0.25, -0.2) is 13.2 Å². The van der Waals surface area contributed by atoms with Crippen LogP contribution >= 0.6 is 0 Å². The molecule has 2 aliphatic rings. The van der Waals surface area contributed by atoms with Crippen LogP contribution in [0.25, 0.3) is 11.1 Å². The van der Waals surface area contributed by atoms with Gasteiger partial charge in [0.25, 0.3) is 0 Å². The molecule has 2 aliphatic heterocycles. The van der Waals surface area contributed by atoms with Gasteiger partial charge in [0, 0.05) is 24.6 Å². The maximum absolute atomic E-state index is 13.7. The number of hydrogen-bond acceptors (Lipinski definition) is 5. The van der Waals surface area contributed by atoms with Gasteiger partial charge in [-0.05, 0) is 79.0 Å². The van der Waals surface area contributed by atoms with Crippen LogP contribution in [0.3, 0.4) is 0 Å². The number of ether oxygens (including phenoxy) is 2. The van der Waals surface area contributed by atoms with Crippen LogP contribution in [0.15, 0.2) is 83.8 Å². The highest BCUT2D eigenvalue weighted by Crippen LogP contribution is 2.49. The molecule has 3 aromatic rings. The lowest BCUT2D eigenvalue weighted by Gasteiger charge is -2.47. The van der Waals surface area contributed by atoms with Gasteiger partial charge in [-0.1, -0.05) is 74.5 Å². The van der Waals surface area contributed by atoms with Crippen LogP contribution in [-0.2, 0) is 19.6 Å². The fourth-order valence-corrected chi connectivity index (χ4v) is 7.92. The van der Waals surface area contributed by atoms with Crippen molar-refractivity contribution in [3.05, 3.63) is 95.6 Å². The maximum Gasteiger partial charge on any atom is 0.341 e. The molecule has 0 aliphatic carbocycles. The van der Waals surface area contributed by atoms with Crippen LogP contribution in [0.5, 0.6) is 5.75 Å². The molecule has 0 aromatic heterocycles. The number of carbonyl (C=O) groups is 1. The van der Waals surface area contributed by atoms with Gasteiger partial charge in [-0.3, -0.25) is 0 Å². The molecule has 2 fully saturated rings. The van der Waals surface area contributed by atoms with E-state index in [9.17, 15) is 18.3 Å². The summed E-state index contributed by atoms with van der Waals surface area (Å²) >= 11 is 0. The first-order valence-corrected chi connectivity index (χ1v) is 16.3. The Morgan fingerprint density at radius 3 is 2.40 bits per heavy atom. The Balaban J connectivity index is 1.38. The number of piperidine rings is 1. The average Bonchev–Trinajstić information content (AvgIpc) is 2.99. The molecule has 3 aromatic carbocycles. The number of benzene rings is 3. The summed E-state index contributed by atoms with van der Waals surface area (Å²) < 4.78 is 41.7.